The van der Waals surface area contributed by atoms with Crippen molar-refractivity contribution in [2.75, 3.05) is 7.11 Å². The van der Waals surface area contributed by atoms with E-state index in [1.165, 1.54) is 24.8 Å². The second-order valence-corrected chi connectivity index (χ2v) is 5.86. The van der Waals surface area contributed by atoms with Gasteiger partial charge in [-0.15, -0.1) is 0 Å². The van der Waals surface area contributed by atoms with Crippen molar-refractivity contribution in [2.24, 2.45) is 0 Å². The number of hydrogen-bond donors (Lipinski definition) is 1. The van der Waals surface area contributed by atoms with E-state index in [4.69, 9.17) is 9.72 Å². The second-order valence-electron chi connectivity index (χ2n) is 5.86. The lowest BCUT2D eigenvalue weighted by Crippen LogP contribution is -2.36. The van der Waals surface area contributed by atoms with Crippen LogP contribution in [0.4, 0.5) is 0 Å². The fourth-order valence-electron chi connectivity index (χ4n) is 3.40. The summed E-state index contributed by atoms with van der Waals surface area (Å²) in [5.74, 6) is 1.14. The number of nitrogens with one attached hydrogen (secondary N) is 1. The fraction of sp³-hybridized carbons (Fsp3) is 0.588. The van der Waals surface area contributed by atoms with E-state index >= 15 is 0 Å². The van der Waals surface area contributed by atoms with Gasteiger partial charge in [0.1, 0.15) is 5.82 Å². The molecule has 1 aromatic heterocycles. The normalized spacial score (nSPS) is 22.2. The molecule has 0 amide bonds. The first-order chi connectivity index (χ1) is 10.3. The molecule has 0 spiro atoms. The molecule has 1 aliphatic rings. The standard InChI is InChI=1S/C17H25N3O/c1-3-11-20-15-9-5-4-7-13(15)19-17(20)12-18-14-8-6-10-16(14)21-2/h4-5,7,9,14,16,18H,3,6,8,10-12H2,1-2H3. The zero-order valence-corrected chi connectivity index (χ0v) is 13.0. The largest absolute Gasteiger partial charge is 0.380 e. The van der Waals surface area contributed by atoms with Gasteiger partial charge in [-0.25, -0.2) is 4.98 Å². The first-order valence-corrected chi connectivity index (χ1v) is 8.03. The van der Waals surface area contributed by atoms with Crippen LogP contribution in [0.2, 0.25) is 0 Å². The summed E-state index contributed by atoms with van der Waals surface area (Å²) in [5, 5.41) is 3.65. The summed E-state index contributed by atoms with van der Waals surface area (Å²) in [7, 11) is 1.82. The van der Waals surface area contributed by atoms with Gasteiger partial charge in [-0.3, -0.25) is 0 Å². The number of fused-ring (bicyclic) bond motifs is 1. The summed E-state index contributed by atoms with van der Waals surface area (Å²) in [6.45, 7) is 4.05. The van der Waals surface area contributed by atoms with Crippen LogP contribution in [0.25, 0.3) is 11.0 Å². The molecule has 1 heterocycles. The molecule has 4 heteroatoms. The lowest BCUT2D eigenvalue weighted by molar-refractivity contribution is 0.0844. The highest BCUT2D eigenvalue weighted by molar-refractivity contribution is 5.75. The Balaban J connectivity index is 1.78. The van der Waals surface area contributed by atoms with Gasteiger partial charge in [0.2, 0.25) is 0 Å². The summed E-state index contributed by atoms with van der Waals surface area (Å²) in [5.41, 5.74) is 2.34. The summed E-state index contributed by atoms with van der Waals surface area (Å²) in [6.07, 6.45) is 5.10. The van der Waals surface area contributed by atoms with E-state index in [-0.39, 0.29) is 0 Å². The molecule has 1 aromatic carbocycles. The molecule has 21 heavy (non-hydrogen) atoms. The van der Waals surface area contributed by atoms with Gasteiger partial charge in [0, 0.05) is 19.7 Å². The number of hydrogen-bond acceptors (Lipinski definition) is 3. The number of ether oxygens (including phenoxy) is 1. The van der Waals surface area contributed by atoms with Gasteiger partial charge in [0.15, 0.2) is 0 Å². The molecule has 0 saturated heterocycles. The molecule has 1 N–H and O–H groups in total. The number of methoxy groups -OCH3 is 1. The predicted molar refractivity (Wildman–Crippen MR) is 85.3 cm³/mol. The van der Waals surface area contributed by atoms with Crippen LogP contribution in [-0.4, -0.2) is 28.8 Å². The van der Waals surface area contributed by atoms with Gasteiger partial charge < -0.3 is 14.6 Å². The summed E-state index contributed by atoms with van der Waals surface area (Å²) < 4.78 is 7.91. The minimum Gasteiger partial charge on any atom is -0.380 e. The molecule has 1 saturated carbocycles. The van der Waals surface area contributed by atoms with Crippen molar-refractivity contribution in [2.45, 2.75) is 57.8 Å². The van der Waals surface area contributed by atoms with Crippen LogP contribution < -0.4 is 5.32 Å². The molecule has 2 aromatic rings. The number of benzene rings is 1. The molecular weight excluding hydrogens is 262 g/mol. The lowest BCUT2D eigenvalue weighted by atomic mass is 10.2. The molecule has 2 atom stereocenters. The fourth-order valence-corrected chi connectivity index (χ4v) is 3.40. The molecule has 3 rings (SSSR count). The first kappa shape index (κ1) is 14.5. The van der Waals surface area contributed by atoms with Crippen molar-refractivity contribution in [3.63, 3.8) is 0 Å². The van der Waals surface area contributed by atoms with Crippen molar-refractivity contribution in [1.29, 1.82) is 0 Å². The van der Waals surface area contributed by atoms with E-state index in [0.717, 1.165) is 30.9 Å². The Morgan fingerprint density at radius 2 is 2.19 bits per heavy atom. The van der Waals surface area contributed by atoms with Crippen LogP contribution in [-0.2, 0) is 17.8 Å². The Kier molecular flexibility index (Phi) is 4.56. The number of nitrogens with zero attached hydrogens (tertiary/aromatic N) is 2. The quantitative estimate of drug-likeness (QED) is 0.887. The van der Waals surface area contributed by atoms with Crippen molar-refractivity contribution < 1.29 is 4.74 Å². The number of para-hydroxylation sites is 2. The highest BCUT2D eigenvalue weighted by atomic mass is 16.5. The van der Waals surface area contributed by atoms with E-state index in [2.05, 4.69) is 41.1 Å². The van der Waals surface area contributed by atoms with E-state index in [1.807, 2.05) is 7.11 Å². The monoisotopic (exact) mass is 287 g/mol. The number of rotatable bonds is 6. The Bertz CT molecular complexity index is 593. The molecule has 114 valence electrons. The zero-order valence-electron chi connectivity index (χ0n) is 13.0. The van der Waals surface area contributed by atoms with Crippen molar-refractivity contribution >= 4 is 11.0 Å². The van der Waals surface area contributed by atoms with Crippen LogP contribution in [0.15, 0.2) is 24.3 Å². The van der Waals surface area contributed by atoms with Crippen LogP contribution in [0.5, 0.6) is 0 Å². The second kappa shape index (κ2) is 6.58. The molecule has 0 aliphatic heterocycles. The van der Waals surface area contributed by atoms with Gasteiger partial charge in [-0.2, -0.15) is 0 Å². The highest BCUT2D eigenvalue weighted by Gasteiger charge is 2.26. The maximum atomic E-state index is 5.56. The first-order valence-electron chi connectivity index (χ1n) is 8.03. The Labute approximate surface area is 126 Å². The molecule has 2 unspecified atom stereocenters. The van der Waals surface area contributed by atoms with Gasteiger partial charge in [-0.05, 0) is 37.8 Å². The Morgan fingerprint density at radius 3 is 3.00 bits per heavy atom. The molecule has 1 aliphatic carbocycles. The van der Waals surface area contributed by atoms with E-state index < -0.39 is 0 Å². The van der Waals surface area contributed by atoms with Crippen LogP contribution in [0, 0.1) is 0 Å². The lowest BCUT2D eigenvalue weighted by Gasteiger charge is -2.19. The Morgan fingerprint density at radius 1 is 1.33 bits per heavy atom. The topological polar surface area (TPSA) is 39.1 Å². The summed E-state index contributed by atoms with van der Waals surface area (Å²) >= 11 is 0. The van der Waals surface area contributed by atoms with Crippen molar-refractivity contribution in [3.8, 4) is 0 Å². The van der Waals surface area contributed by atoms with Gasteiger partial charge in [0.25, 0.3) is 0 Å². The summed E-state index contributed by atoms with van der Waals surface area (Å²) in [4.78, 5) is 4.80. The minimum atomic E-state index is 0.356. The smallest absolute Gasteiger partial charge is 0.123 e. The SMILES string of the molecule is CCCn1c(CNC2CCCC2OC)nc2ccccc21. The third kappa shape index (κ3) is 2.97. The van der Waals surface area contributed by atoms with Crippen LogP contribution in [0.1, 0.15) is 38.4 Å². The number of aryl methyl sites for hydroxylation is 1. The van der Waals surface area contributed by atoms with Crippen LogP contribution >= 0.6 is 0 Å². The molecule has 4 nitrogen and oxygen atoms in total. The maximum Gasteiger partial charge on any atom is 0.123 e. The Hall–Kier alpha value is -1.39. The average molecular weight is 287 g/mol. The maximum absolute atomic E-state index is 5.56. The van der Waals surface area contributed by atoms with E-state index in [9.17, 15) is 0 Å². The average Bonchev–Trinajstić information content (AvgIpc) is 3.10. The number of aromatic nitrogens is 2. The van der Waals surface area contributed by atoms with Crippen LogP contribution in [0.3, 0.4) is 0 Å². The predicted octanol–water partition coefficient (Wildman–Crippen LogP) is 3.10. The van der Waals surface area contributed by atoms with Gasteiger partial charge in [0.05, 0.1) is 23.7 Å². The third-order valence-electron chi connectivity index (χ3n) is 4.46. The third-order valence-corrected chi connectivity index (χ3v) is 4.46. The van der Waals surface area contributed by atoms with Crippen molar-refractivity contribution in [3.05, 3.63) is 30.1 Å². The van der Waals surface area contributed by atoms with Gasteiger partial charge >= 0.3 is 0 Å². The molecular formula is C17H25N3O. The molecule has 0 radical (unpaired) electrons. The molecule has 1 fully saturated rings. The summed E-state index contributed by atoms with van der Waals surface area (Å²) in [6, 6.07) is 8.87. The zero-order chi connectivity index (χ0) is 14.7. The minimum absolute atomic E-state index is 0.356. The van der Waals surface area contributed by atoms with E-state index in [0.29, 0.717) is 12.1 Å². The van der Waals surface area contributed by atoms with Crippen molar-refractivity contribution in [1.82, 2.24) is 14.9 Å². The highest BCUT2D eigenvalue weighted by Crippen LogP contribution is 2.22. The number of imidazole rings is 1. The van der Waals surface area contributed by atoms with Gasteiger partial charge in [-0.1, -0.05) is 19.1 Å². The van der Waals surface area contributed by atoms with E-state index in [1.54, 1.807) is 0 Å². The molecule has 0 bridgehead atoms.